The number of carbonyl (C=O) groups is 1. The minimum Gasteiger partial charge on any atom is -0.478 e. The maximum absolute atomic E-state index is 11.7. The number of aromatic nitrogens is 1. The summed E-state index contributed by atoms with van der Waals surface area (Å²) >= 11 is 5.52. The van der Waals surface area contributed by atoms with Crippen LogP contribution in [0.5, 0.6) is 5.88 Å². The Balaban J connectivity index is 2.89. The van der Waals surface area contributed by atoms with E-state index in [9.17, 15) is 9.18 Å². The fourth-order valence-electron chi connectivity index (χ4n) is 0.813. The molecule has 0 bridgehead atoms. The number of nitrogens with zero attached hydrogens (tertiary/aromatic N) is 1. The number of rotatable bonds is 4. The normalized spacial score (nSPS) is 9.86. The van der Waals surface area contributed by atoms with E-state index in [1.807, 2.05) is 0 Å². The Bertz CT molecular complexity index is 345. The van der Waals surface area contributed by atoms with Gasteiger partial charge < -0.3 is 9.84 Å². The largest absolute Gasteiger partial charge is 0.478 e. The van der Waals surface area contributed by atoms with Crippen molar-refractivity contribution in [2.45, 2.75) is 0 Å². The van der Waals surface area contributed by atoms with E-state index in [1.165, 1.54) is 12.1 Å². The van der Waals surface area contributed by atoms with Gasteiger partial charge in [0.05, 0.1) is 5.56 Å². The molecule has 1 aromatic heterocycles. The van der Waals surface area contributed by atoms with Crippen LogP contribution < -0.4 is 4.74 Å². The average Bonchev–Trinajstić information content (AvgIpc) is 2.14. The second-order valence-electron chi connectivity index (χ2n) is 2.36. The lowest BCUT2D eigenvalue weighted by atomic mass is 10.3. The smallest absolute Gasteiger partial charge is 0.335 e. The number of hydrogen-bond acceptors (Lipinski definition) is 3. The van der Waals surface area contributed by atoms with Gasteiger partial charge in [-0.05, 0) is 6.07 Å². The number of halogens is 2. The quantitative estimate of drug-likeness (QED) is 0.785. The first kappa shape index (κ1) is 10.7. The van der Waals surface area contributed by atoms with Gasteiger partial charge in [0, 0.05) is 6.07 Å². The molecule has 1 aromatic rings. The van der Waals surface area contributed by atoms with Crippen molar-refractivity contribution in [3.8, 4) is 5.88 Å². The molecule has 76 valence electrons. The van der Waals surface area contributed by atoms with Crippen LogP contribution in [0.4, 0.5) is 4.39 Å². The summed E-state index contributed by atoms with van der Waals surface area (Å²) in [5, 5.41) is 8.64. The van der Waals surface area contributed by atoms with Gasteiger partial charge in [0.25, 0.3) is 0 Å². The average molecular weight is 220 g/mol. The lowest BCUT2D eigenvalue weighted by Gasteiger charge is -2.03. The van der Waals surface area contributed by atoms with Gasteiger partial charge in [-0.25, -0.2) is 14.2 Å². The van der Waals surface area contributed by atoms with Crippen molar-refractivity contribution >= 4 is 17.6 Å². The van der Waals surface area contributed by atoms with E-state index in [0.717, 1.165) is 0 Å². The molecule has 0 unspecified atom stereocenters. The molecule has 0 aliphatic rings. The minimum atomic E-state index is -1.14. The summed E-state index contributed by atoms with van der Waals surface area (Å²) in [6.07, 6.45) is 0. The van der Waals surface area contributed by atoms with Crippen molar-refractivity contribution in [3.63, 3.8) is 0 Å². The van der Waals surface area contributed by atoms with Gasteiger partial charge in [-0.15, -0.1) is 0 Å². The highest BCUT2D eigenvalue weighted by Gasteiger charge is 2.07. The highest BCUT2D eigenvalue weighted by atomic mass is 35.5. The summed E-state index contributed by atoms with van der Waals surface area (Å²) in [4.78, 5) is 14.2. The van der Waals surface area contributed by atoms with Crippen molar-refractivity contribution in [3.05, 3.63) is 22.8 Å². The molecular weight excluding hydrogens is 213 g/mol. The SMILES string of the molecule is O=C(O)c1cc(Cl)nc(OCCF)c1. The lowest BCUT2D eigenvalue weighted by molar-refractivity contribution is 0.0696. The molecule has 0 radical (unpaired) electrons. The van der Waals surface area contributed by atoms with Gasteiger partial charge in [-0.3, -0.25) is 0 Å². The second-order valence-corrected chi connectivity index (χ2v) is 2.75. The molecule has 0 aliphatic carbocycles. The molecule has 6 heteroatoms. The molecule has 0 fully saturated rings. The molecule has 0 aliphatic heterocycles. The van der Waals surface area contributed by atoms with E-state index >= 15 is 0 Å². The van der Waals surface area contributed by atoms with Crippen LogP contribution >= 0.6 is 11.6 Å². The number of aromatic carboxylic acids is 1. The Morgan fingerprint density at radius 2 is 2.36 bits per heavy atom. The van der Waals surface area contributed by atoms with Gasteiger partial charge in [0.15, 0.2) is 0 Å². The van der Waals surface area contributed by atoms with Gasteiger partial charge >= 0.3 is 5.97 Å². The van der Waals surface area contributed by atoms with E-state index in [-0.39, 0.29) is 23.2 Å². The van der Waals surface area contributed by atoms with Crippen molar-refractivity contribution in [1.82, 2.24) is 4.98 Å². The lowest BCUT2D eigenvalue weighted by Crippen LogP contribution is -2.03. The number of ether oxygens (including phenoxy) is 1. The van der Waals surface area contributed by atoms with Crippen molar-refractivity contribution in [2.24, 2.45) is 0 Å². The Labute approximate surface area is 84.3 Å². The van der Waals surface area contributed by atoms with E-state index in [4.69, 9.17) is 21.4 Å². The van der Waals surface area contributed by atoms with Gasteiger partial charge in [-0.2, -0.15) is 0 Å². The van der Waals surface area contributed by atoms with E-state index in [0.29, 0.717) is 0 Å². The van der Waals surface area contributed by atoms with Crippen LogP contribution in [-0.4, -0.2) is 29.3 Å². The molecule has 0 spiro atoms. The van der Waals surface area contributed by atoms with Gasteiger partial charge in [-0.1, -0.05) is 11.6 Å². The molecule has 1 heterocycles. The second kappa shape index (κ2) is 4.76. The van der Waals surface area contributed by atoms with Crippen molar-refractivity contribution in [2.75, 3.05) is 13.3 Å². The third kappa shape index (κ3) is 2.85. The molecule has 0 saturated heterocycles. The zero-order valence-corrected chi connectivity index (χ0v) is 7.79. The number of carboxylic acid groups (broad SMARTS) is 1. The molecule has 1 N–H and O–H groups in total. The van der Waals surface area contributed by atoms with Crippen molar-refractivity contribution < 1.29 is 19.0 Å². The fraction of sp³-hybridized carbons (Fsp3) is 0.250. The summed E-state index contributed by atoms with van der Waals surface area (Å²) < 4.78 is 16.5. The first-order chi connectivity index (χ1) is 6.63. The summed E-state index contributed by atoms with van der Waals surface area (Å²) in [5.41, 5.74) is -0.0427. The number of pyridine rings is 1. The minimum absolute atomic E-state index is 0.00115. The van der Waals surface area contributed by atoms with Crippen LogP contribution in [0.15, 0.2) is 12.1 Å². The first-order valence-corrected chi connectivity index (χ1v) is 4.11. The molecule has 0 aromatic carbocycles. The molecule has 1 rings (SSSR count). The summed E-state index contributed by atoms with van der Waals surface area (Å²) in [7, 11) is 0. The third-order valence-corrected chi connectivity index (χ3v) is 1.54. The summed E-state index contributed by atoms with van der Waals surface area (Å²) in [5.74, 6) is -1.13. The Hall–Kier alpha value is -1.36. The standard InChI is InChI=1S/C8H7ClFNO3/c9-6-3-5(8(12)13)4-7(11-6)14-2-1-10/h3-4H,1-2H2,(H,12,13). The maximum Gasteiger partial charge on any atom is 0.335 e. The van der Waals surface area contributed by atoms with Crippen LogP contribution in [0, 0.1) is 0 Å². The Morgan fingerprint density at radius 3 is 2.93 bits per heavy atom. The predicted molar refractivity (Wildman–Crippen MR) is 47.7 cm³/mol. The molecule has 0 saturated carbocycles. The van der Waals surface area contributed by atoms with E-state index in [1.54, 1.807) is 0 Å². The zero-order valence-electron chi connectivity index (χ0n) is 7.04. The molecule has 4 nitrogen and oxygen atoms in total. The van der Waals surface area contributed by atoms with Crippen molar-refractivity contribution in [1.29, 1.82) is 0 Å². The Morgan fingerprint density at radius 1 is 1.64 bits per heavy atom. The number of hydrogen-bond donors (Lipinski definition) is 1. The first-order valence-electron chi connectivity index (χ1n) is 3.73. The molecule has 0 amide bonds. The molecule has 0 atom stereocenters. The summed E-state index contributed by atoms with van der Waals surface area (Å²) in [6.45, 7) is -0.844. The summed E-state index contributed by atoms with van der Waals surface area (Å²) in [6, 6.07) is 2.37. The van der Waals surface area contributed by atoms with Crippen LogP contribution in [-0.2, 0) is 0 Å². The highest BCUT2D eigenvalue weighted by Crippen LogP contribution is 2.16. The van der Waals surface area contributed by atoms with E-state index in [2.05, 4.69) is 4.98 Å². The van der Waals surface area contributed by atoms with Crippen LogP contribution in [0.25, 0.3) is 0 Å². The monoisotopic (exact) mass is 219 g/mol. The van der Waals surface area contributed by atoms with Gasteiger partial charge in [0.1, 0.15) is 18.4 Å². The third-order valence-electron chi connectivity index (χ3n) is 1.34. The maximum atomic E-state index is 11.7. The van der Waals surface area contributed by atoms with E-state index < -0.39 is 12.6 Å². The molecular formula is C8H7ClFNO3. The number of alkyl halides is 1. The predicted octanol–water partition coefficient (Wildman–Crippen LogP) is 1.78. The zero-order chi connectivity index (χ0) is 10.6. The van der Waals surface area contributed by atoms with Gasteiger partial charge in [0.2, 0.25) is 5.88 Å². The molecule has 14 heavy (non-hydrogen) atoms. The van der Waals surface area contributed by atoms with Crippen LogP contribution in [0.1, 0.15) is 10.4 Å². The Kier molecular flexibility index (Phi) is 3.64. The fourth-order valence-corrected chi connectivity index (χ4v) is 1.01. The number of carboxylic acids is 1. The van der Waals surface area contributed by atoms with Crippen LogP contribution in [0.3, 0.4) is 0 Å². The highest BCUT2D eigenvalue weighted by molar-refractivity contribution is 6.29. The topological polar surface area (TPSA) is 59.4 Å². The van der Waals surface area contributed by atoms with Crippen LogP contribution in [0.2, 0.25) is 5.15 Å².